The van der Waals surface area contributed by atoms with Gasteiger partial charge in [-0.05, 0) is 77.6 Å². The quantitative estimate of drug-likeness (QED) is 0.193. The van der Waals surface area contributed by atoms with Gasteiger partial charge in [0.15, 0.2) is 0 Å². The van der Waals surface area contributed by atoms with Crippen LogP contribution in [0.25, 0.3) is 39.4 Å². The van der Waals surface area contributed by atoms with Crippen LogP contribution < -0.4 is 4.90 Å². The number of hydrogen-bond acceptors (Lipinski definition) is 4. The van der Waals surface area contributed by atoms with E-state index in [1.807, 2.05) is 37.3 Å². The number of anilines is 2. The first-order chi connectivity index (χ1) is 25.0. The molecule has 4 atom stereocenters. The largest absolute Gasteiger partial charge is 0.333 e. The van der Waals surface area contributed by atoms with E-state index in [-0.39, 0.29) is 6.04 Å². The van der Waals surface area contributed by atoms with E-state index >= 15 is 0 Å². The lowest BCUT2D eigenvalue weighted by atomic mass is 9.80. The number of rotatable bonds is 4. The molecule has 1 aliphatic heterocycles. The Morgan fingerprint density at radius 1 is 0.804 bits per heavy atom. The van der Waals surface area contributed by atoms with Crippen LogP contribution in [0.15, 0.2) is 139 Å². The summed E-state index contributed by atoms with van der Waals surface area (Å²) in [5.41, 5.74) is 11.8. The summed E-state index contributed by atoms with van der Waals surface area (Å²) in [5.74, 6) is -0.245. The molecule has 0 saturated carbocycles. The van der Waals surface area contributed by atoms with Crippen molar-refractivity contribution in [2.75, 3.05) is 4.90 Å². The van der Waals surface area contributed by atoms with Gasteiger partial charge in [-0.1, -0.05) is 103 Å². The highest BCUT2D eigenvalue weighted by atomic mass is 15.2. The Morgan fingerprint density at radius 2 is 1.55 bits per heavy atom. The van der Waals surface area contributed by atoms with Crippen molar-refractivity contribution in [1.29, 1.82) is 15.8 Å². The molecule has 1 aromatic heterocycles. The van der Waals surface area contributed by atoms with Crippen LogP contribution in [-0.2, 0) is 6.42 Å². The lowest BCUT2D eigenvalue weighted by Gasteiger charge is -2.29. The number of fused-ring (bicyclic) bond motifs is 6. The molecule has 0 fully saturated rings. The number of nitriles is 3. The average Bonchev–Trinajstić information content (AvgIpc) is 3.70. The zero-order valence-corrected chi connectivity index (χ0v) is 28.2. The average molecular weight is 656 g/mol. The Balaban J connectivity index is 1.21. The molecule has 0 radical (unpaired) electrons. The van der Waals surface area contributed by atoms with Gasteiger partial charge < -0.3 is 9.47 Å². The van der Waals surface area contributed by atoms with Crippen LogP contribution >= 0.6 is 0 Å². The Morgan fingerprint density at radius 3 is 2.35 bits per heavy atom. The minimum absolute atomic E-state index is 0.227. The Labute approximate surface area is 297 Å². The maximum atomic E-state index is 10.3. The van der Waals surface area contributed by atoms with E-state index in [9.17, 15) is 15.8 Å². The molecular weight excluding hydrogens is 623 g/mol. The van der Waals surface area contributed by atoms with Gasteiger partial charge in [-0.25, -0.2) is 0 Å². The predicted octanol–water partition coefficient (Wildman–Crippen LogP) is 10.5. The molecule has 4 aliphatic rings. The minimum atomic E-state index is -0.602. The SMILES string of the molecule is CC1(C#N)C=Cc2c(c3ccccc3n2C2=C(c3ccccc3-c3ccc(N4c5ccccc5C5C=CC=CC54)cc3)C=C(C#N)C(C#N)C2)C1. The van der Waals surface area contributed by atoms with Gasteiger partial charge in [-0.15, -0.1) is 0 Å². The first-order valence-electron chi connectivity index (χ1n) is 17.4. The number of allylic oxidation sites excluding steroid dienone is 7. The molecule has 3 aliphatic carbocycles. The van der Waals surface area contributed by atoms with Crippen LogP contribution in [0, 0.1) is 45.3 Å². The third-order valence-electron chi connectivity index (χ3n) is 11.0. The molecule has 0 spiro atoms. The van der Waals surface area contributed by atoms with Gasteiger partial charge in [0.05, 0.1) is 41.1 Å². The summed E-state index contributed by atoms with van der Waals surface area (Å²) in [5, 5.41) is 31.6. The summed E-state index contributed by atoms with van der Waals surface area (Å²) < 4.78 is 2.27. The molecule has 51 heavy (non-hydrogen) atoms. The van der Waals surface area contributed by atoms with Crippen molar-refractivity contribution in [3.05, 3.63) is 161 Å². The Bertz CT molecular complexity index is 2550. The Kier molecular flexibility index (Phi) is 7.03. The number of para-hydroxylation sites is 2. The number of nitrogens with zero attached hydrogens (tertiary/aromatic N) is 5. The van der Waals surface area contributed by atoms with E-state index in [2.05, 4.69) is 137 Å². The summed E-state index contributed by atoms with van der Waals surface area (Å²) in [6, 6.07) is 41.7. The van der Waals surface area contributed by atoms with E-state index in [1.54, 1.807) is 0 Å². The lowest BCUT2D eigenvalue weighted by Crippen LogP contribution is -2.28. The highest BCUT2D eigenvalue weighted by Gasteiger charge is 2.37. The molecule has 0 bridgehead atoms. The second-order valence-corrected chi connectivity index (χ2v) is 14.0. The van der Waals surface area contributed by atoms with Gasteiger partial charge in [0.1, 0.15) is 0 Å². The van der Waals surface area contributed by atoms with Gasteiger partial charge in [0.25, 0.3) is 0 Å². The van der Waals surface area contributed by atoms with Gasteiger partial charge in [-0.3, -0.25) is 0 Å². The van der Waals surface area contributed by atoms with E-state index in [0.717, 1.165) is 55.8 Å². The van der Waals surface area contributed by atoms with Gasteiger partial charge in [0, 0.05) is 51.6 Å². The molecule has 0 saturated heterocycles. The van der Waals surface area contributed by atoms with Crippen molar-refractivity contribution in [2.45, 2.75) is 31.7 Å². The second kappa shape index (κ2) is 11.8. The summed E-state index contributed by atoms with van der Waals surface area (Å²) in [6.07, 6.45) is 15.9. The fraction of sp³-hybridized carbons (Fsp3) is 0.152. The first-order valence-corrected chi connectivity index (χ1v) is 17.4. The fourth-order valence-corrected chi connectivity index (χ4v) is 8.53. The first kappa shape index (κ1) is 30.4. The zero-order valence-electron chi connectivity index (χ0n) is 28.2. The van der Waals surface area contributed by atoms with E-state index < -0.39 is 11.3 Å². The lowest BCUT2D eigenvalue weighted by molar-refractivity contribution is 0.561. The van der Waals surface area contributed by atoms with Crippen molar-refractivity contribution in [3.8, 4) is 29.3 Å². The van der Waals surface area contributed by atoms with E-state index in [1.165, 1.54) is 11.3 Å². The van der Waals surface area contributed by atoms with Gasteiger partial charge >= 0.3 is 0 Å². The summed E-state index contributed by atoms with van der Waals surface area (Å²) in [4.78, 5) is 2.44. The number of hydrogen-bond donors (Lipinski definition) is 0. The zero-order chi connectivity index (χ0) is 34.7. The normalized spacial score (nSPS) is 22.8. The smallest absolute Gasteiger partial charge is 0.0961 e. The molecule has 5 heteroatoms. The van der Waals surface area contributed by atoms with Gasteiger partial charge in [0.2, 0.25) is 0 Å². The molecule has 4 aromatic carbocycles. The second-order valence-electron chi connectivity index (χ2n) is 14.0. The molecule has 0 amide bonds. The highest BCUT2D eigenvalue weighted by Crippen LogP contribution is 2.49. The topological polar surface area (TPSA) is 79.5 Å². The predicted molar refractivity (Wildman–Crippen MR) is 204 cm³/mol. The maximum absolute atomic E-state index is 10.3. The van der Waals surface area contributed by atoms with E-state index in [0.29, 0.717) is 24.3 Å². The highest BCUT2D eigenvalue weighted by molar-refractivity contribution is 6.02. The third-order valence-corrected chi connectivity index (χ3v) is 11.0. The van der Waals surface area contributed by atoms with Crippen molar-refractivity contribution in [1.82, 2.24) is 4.57 Å². The van der Waals surface area contributed by atoms with Crippen molar-refractivity contribution >= 4 is 39.6 Å². The molecule has 242 valence electrons. The summed E-state index contributed by atoms with van der Waals surface area (Å²) in [6.45, 7) is 1.97. The van der Waals surface area contributed by atoms with Crippen LogP contribution in [-0.4, -0.2) is 10.6 Å². The fourth-order valence-electron chi connectivity index (χ4n) is 8.53. The van der Waals surface area contributed by atoms with Crippen molar-refractivity contribution < 1.29 is 0 Å². The summed E-state index contributed by atoms with van der Waals surface area (Å²) >= 11 is 0. The number of aromatic nitrogens is 1. The molecule has 5 nitrogen and oxygen atoms in total. The van der Waals surface area contributed by atoms with Crippen LogP contribution in [0.1, 0.15) is 41.6 Å². The van der Waals surface area contributed by atoms with E-state index in [4.69, 9.17) is 0 Å². The maximum Gasteiger partial charge on any atom is 0.0961 e. The number of benzene rings is 4. The molecule has 0 N–H and O–H groups in total. The third kappa shape index (κ3) is 4.73. The molecule has 5 aromatic rings. The van der Waals surface area contributed by atoms with Crippen molar-refractivity contribution in [2.24, 2.45) is 11.3 Å². The van der Waals surface area contributed by atoms with Crippen LogP contribution in [0.4, 0.5) is 11.4 Å². The summed E-state index contributed by atoms with van der Waals surface area (Å²) in [7, 11) is 0. The molecular formula is C46H33N5. The Hall–Kier alpha value is -6.61. The van der Waals surface area contributed by atoms with Crippen molar-refractivity contribution in [3.63, 3.8) is 0 Å². The molecule has 4 unspecified atom stereocenters. The minimum Gasteiger partial charge on any atom is -0.333 e. The molecule has 9 rings (SSSR count). The van der Waals surface area contributed by atoms with Crippen LogP contribution in [0.2, 0.25) is 0 Å². The van der Waals surface area contributed by atoms with Crippen LogP contribution in [0.5, 0.6) is 0 Å². The standard InChI is InChI=1S/C46H33N5/c1-46(29-49)23-22-44-40(26-46)38-14-6-9-17-43(38)51(44)45-25-32(28-48)31(27-47)24-39(45)35-11-3-2-10-34(35)30-18-20-33(21-19-30)50-41-15-7-4-12-36(41)37-13-5-8-16-42(37)50/h2-24,32,36,41H,25-26H2,1H3. The van der Waals surface area contributed by atoms with Gasteiger partial charge in [-0.2, -0.15) is 15.8 Å². The molecule has 2 heterocycles. The monoisotopic (exact) mass is 655 g/mol. The van der Waals surface area contributed by atoms with Crippen LogP contribution in [0.3, 0.4) is 0 Å².